The maximum Gasteiger partial charge on any atom is 0.311 e. The number of amides is 2. The van der Waals surface area contributed by atoms with E-state index in [1.807, 2.05) is 0 Å². The van der Waals surface area contributed by atoms with Crippen molar-refractivity contribution in [3.63, 3.8) is 0 Å². The molecule has 0 saturated heterocycles. The Kier molecular flexibility index (Phi) is 5.58. The Morgan fingerprint density at radius 2 is 2.17 bits per heavy atom. The van der Waals surface area contributed by atoms with Crippen LogP contribution in [0.5, 0.6) is 5.75 Å². The van der Waals surface area contributed by atoms with Gasteiger partial charge in [-0.1, -0.05) is 6.07 Å². The molecule has 0 saturated carbocycles. The van der Waals surface area contributed by atoms with Crippen LogP contribution in [0, 0.1) is 10.1 Å². The maximum absolute atomic E-state index is 11.6. The molecule has 0 radical (unpaired) electrons. The summed E-state index contributed by atoms with van der Waals surface area (Å²) in [6.07, 6.45) is 1.19. The largest absolute Gasteiger partial charge is 0.502 e. The van der Waals surface area contributed by atoms with Crippen LogP contribution in [-0.2, 0) is 4.79 Å². The van der Waals surface area contributed by atoms with Crippen molar-refractivity contribution in [3.8, 4) is 5.75 Å². The fourth-order valence-corrected chi connectivity index (χ4v) is 2.28. The van der Waals surface area contributed by atoms with Gasteiger partial charge in [0.15, 0.2) is 5.75 Å². The highest BCUT2D eigenvalue weighted by Gasteiger charge is 2.13. The first-order valence-electron chi connectivity index (χ1n) is 6.58. The monoisotopic (exact) mass is 348 g/mol. The lowest BCUT2D eigenvalue weighted by atomic mass is 10.2. The second kappa shape index (κ2) is 7.83. The Morgan fingerprint density at radius 3 is 2.83 bits per heavy atom. The van der Waals surface area contributed by atoms with Gasteiger partial charge >= 0.3 is 5.69 Å². The Morgan fingerprint density at radius 1 is 1.38 bits per heavy atom. The van der Waals surface area contributed by atoms with Gasteiger partial charge in [0, 0.05) is 11.6 Å². The number of hydrogen-bond donors (Lipinski definition) is 3. The molecule has 0 fully saturated rings. The van der Waals surface area contributed by atoms with Gasteiger partial charge in [-0.3, -0.25) is 19.7 Å². The molecule has 3 N–H and O–H groups in total. The summed E-state index contributed by atoms with van der Waals surface area (Å²) in [5.74, 6) is -1.37. The summed E-state index contributed by atoms with van der Waals surface area (Å²) in [6.45, 7) is -0.260. The predicted molar refractivity (Wildman–Crippen MR) is 87.2 cm³/mol. The fraction of sp³-hybridized carbons (Fsp3) is 0.0714. The summed E-state index contributed by atoms with van der Waals surface area (Å²) in [6, 6.07) is 7.03. The van der Waals surface area contributed by atoms with Crippen molar-refractivity contribution in [3.05, 3.63) is 56.3 Å². The minimum absolute atomic E-state index is 0.260. The zero-order valence-corrected chi connectivity index (χ0v) is 12.9. The molecule has 0 aliphatic heterocycles. The van der Waals surface area contributed by atoms with Gasteiger partial charge in [0.2, 0.25) is 0 Å². The van der Waals surface area contributed by atoms with E-state index in [0.29, 0.717) is 10.4 Å². The van der Waals surface area contributed by atoms with Gasteiger partial charge in [0.25, 0.3) is 11.8 Å². The fourth-order valence-electron chi connectivity index (χ4n) is 1.64. The number of benzene rings is 1. The number of aromatic hydroxyl groups is 1. The molecule has 0 unspecified atom stereocenters. The molecule has 0 aliphatic rings. The average molecular weight is 348 g/mol. The number of thiophene rings is 1. The summed E-state index contributed by atoms with van der Waals surface area (Å²) >= 11 is 1.25. The van der Waals surface area contributed by atoms with E-state index in [-0.39, 0.29) is 12.5 Å². The number of hydrazone groups is 1. The van der Waals surface area contributed by atoms with E-state index in [1.54, 1.807) is 17.5 Å². The molecular formula is C14H12N4O5S. The van der Waals surface area contributed by atoms with Crippen LogP contribution in [-0.4, -0.2) is 34.6 Å². The molecule has 9 nitrogen and oxygen atoms in total. The number of rotatable bonds is 6. The lowest BCUT2D eigenvalue weighted by molar-refractivity contribution is -0.385. The normalized spacial score (nSPS) is 10.5. The molecule has 1 aromatic carbocycles. The first kappa shape index (κ1) is 17.1. The van der Waals surface area contributed by atoms with Gasteiger partial charge in [-0.05, 0) is 23.6 Å². The van der Waals surface area contributed by atoms with E-state index in [9.17, 15) is 24.8 Å². The molecule has 1 aromatic heterocycles. The second-order valence-corrected chi connectivity index (χ2v) is 5.41. The van der Waals surface area contributed by atoms with Gasteiger partial charge in [-0.2, -0.15) is 5.10 Å². The van der Waals surface area contributed by atoms with Crippen LogP contribution in [0.3, 0.4) is 0 Å². The number of carbonyl (C=O) groups is 2. The van der Waals surface area contributed by atoms with E-state index in [4.69, 9.17) is 0 Å². The number of nitrogens with zero attached hydrogens (tertiary/aromatic N) is 2. The summed E-state index contributed by atoms with van der Waals surface area (Å²) in [4.78, 5) is 33.6. The molecule has 2 aromatic rings. The van der Waals surface area contributed by atoms with Gasteiger partial charge in [-0.25, -0.2) is 5.43 Å². The van der Waals surface area contributed by atoms with Crippen molar-refractivity contribution >= 4 is 35.1 Å². The van der Waals surface area contributed by atoms with E-state index in [0.717, 1.165) is 12.1 Å². The number of phenols is 1. The molecule has 2 rings (SSSR count). The first-order chi connectivity index (χ1) is 11.5. The van der Waals surface area contributed by atoms with E-state index in [1.165, 1.54) is 23.6 Å². The van der Waals surface area contributed by atoms with Crippen molar-refractivity contribution in [2.24, 2.45) is 5.10 Å². The number of hydrogen-bond acceptors (Lipinski definition) is 7. The van der Waals surface area contributed by atoms with Crippen LogP contribution < -0.4 is 10.7 Å². The highest BCUT2D eigenvalue weighted by atomic mass is 32.1. The topological polar surface area (TPSA) is 134 Å². The standard InChI is InChI=1S/C14H12N4O5S/c19-11-4-3-9(6-10(11)18(22)23)7-16-17-13(20)8-15-14(21)12-2-1-5-24-12/h1-7,19H,8H2,(H,15,21)(H,17,20)/b16-7-. The van der Waals surface area contributed by atoms with Crippen LogP contribution in [0.25, 0.3) is 0 Å². The third kappa shape index (κ3) is 4.61. The summed E-state index contributed by atoms with van der Waals surface area (Å²) in [5.41, 5.74) is 2.04. The Balaban J connectivity index is 1.85. The van der Waals surface area contributed by atoms with Crippen molar-refractivity contribution in [1.82, 2.24) is 10.7 Å². The van der Waals surface area contributed by atoms with Crippen LogP contribution in [0.2, 0.25) is 0 Å². The van der Waals surface area contributed by atoms with Gasteiger partial charge in [-0.15, -0.1) is 11.3 Å². The number of carbonyl (C=O) groups excluding carboxylic acids is 2. The van der Waals surface area contributed by atoms with Gasteiger partial charge in [0.1, 0.15) is 0 Å². The molecule has 0 spiro atoms. The lowest BCUT2D eigenvalue weighted by Gasteiger charge is -2.02. The molecule has 0 aliphatic carbocycles. The second-order valence-electron chi connectivity index (χ2n) is 4.46. The number of nitrogens with one attached hydrogen (secondary N) is 2. The number of nitro groups is 1. The minimum Gasteiger partial charge on any atom is -0.502 e. The van der Waals surface area contributed by atoms with Crippen LogP contribution in [0.15, 0.2) is 40.8 Å². The smallest absolute Gasteiger partial charge is 0.311 e. The molecule has 0 bridgehead atoms. The quantitative estimate of drug-likeness (QED) is 0.410. The average Bonchev–Trinajstić information content (AvgIpc) is 3.08. The Labute approximate surface area is 139 Å². The summed E-state index contributed by atoms with van der Waals surface area (Å²) < 4.78 is 0. The zero-order valence-electron chi connectivity index (χ0n) is 12.1. The maximum atomic E-state index is 11.6. The van der Waals surface area contributed by atoms with Crippen LogP contribution >= 0.6 is 11.3 Å². The molecule has 1 heterocycles. The first-order valence-corrected chi connectivity index (χ1v) is 7.46. The lowest BCUT2D eigenvalue weighted by Crippen LogP contribution is -2.34. The molecule has 0 atom stereocenters. The van der Waals surface area contributed by atoms with Crippen molar-refractivity contribution in [2.75, 3.05) is 6.54 Å². The molecule has 124 valence electrons. The zero-order chi connectivity index (χ0) is 17.5. The molecular weight excluding hydrogens is 336 g/mol. The van der Waals surface area contributed by atoms with Crippen molar-refractivity contribution < 1.29 is 19.6 Å². The number of phenolic OH excluding ortho intramolecular Hbond substituents is 1. The highest BCUT2D eigenvalue weighted by Crippen LogP contribution is 2.25. The van der Waals surface area contributed by atoms with Crippen LogP contribution in [0.4, 0.5) is 5.69 Å². The third-order valence-electron chi connectivity index (χ3n) is 2.75. The predicted octanol–water partition coefficient (Wildman–Crippen LogP) is 1.24. The Bertz CT molecular complexity index is 788. The highest BCUT2D eigenvalue weighted by molar-refractivity contribution is 7.12. The van der Waals surface area contributed by atoms with Crippen molar-refractivity contribution in [2.45, 2.75) is 0 Å². The minimum atomic E-state index is -0.731. The van der Waals surface area contributed by atoms with Crippen LogP contribution in [0.1, 0.15) is 15.2 Å². The summed E-state index contributed by atoms with van der Waals surface area (Å²) in [7, 11) is 0. The van der Waals surface area contributed by atoms with Crippen molar-refractivity contribution in [1.29, 1.82) is 0 Å². The number of nitro benzene ring substituents is 1. The third-order valence-corrected chi connectivity index (χ3v) is 3.62. The molecule has 2 amide bonds. The van der Waals surface area contributed by atoms with E-state index < -0.39 is 22.3 Å². The SMILES string of the molecule is O=C(CNC(=O)c1cccs1)N/N=C\c1ccc(O)c([N+](=O)[O-])c1. The Hall–Kier alpha value is -3.27. The van der Waals surface area contributed by atoms with E-state index in [2.05, 4.69) is 15.8 Å². The van der Waals surface area contributed by atoms with Gasteiger partial charge in [0.05, 0.1) is 22.6 Å². The molecule has 24 heavy (non-hydrogen) atoms. The van der Waals surface area contributed by atoms with Gasteiger partial charge < -0.3 is 10.4 Å². The van der Waals surface area contributed by atoms with E-state index >= 15 is 0 Å². The summed E-state index contributed by atoms with van der Waals surface area (Å²) in [5, 5.41) is 27.8. The molecule has 10 heteroatoms.